The van der Waals surface area contributed by atoms with Crippen LogP contribution < -0.4 is 5.73 Å². The van der Waals surface area contributed by atoms with Crippen molar-refractivity contribution in [1.82, 2.24) is 19.9 Å². The third-order valence-corrected chi connectivity index (χ3v) is 4.18. The molecule has 23 heavy (non-hydrogen) atoms. The first-order chi connectivity index (χ1) is 11.0. The van der Waals surface area contributed by atoms with Gasteiger partial charge in [0.05, 0.1) is 6.04 Å². The van der Waals surface area contributed by atoms with E-state index in [9.17, 15) is 4.79 Å². The lowest BCUT2D eigenvalue weighted by Crippen LogP contribution is -2.49. The van der Waals surface area contributed by atoms with Crippen LogP contribution in [0.4, 0.5) is 5.69 Å². The number of nitrogens with two attached hydrogens (primary N) is 1. The number of rotatable bonds is 3. The molecule has 0 radical (unpaired) electrons. The number of hydrogen-bond acceptors (Lipinski definition) is 6. The van der Waals surface area contributed by atoms with Crippen molar-refractivity contribution in [3.8, 4) is 0 Å². The average molecular weight is 315 g/mol. The Hall–Kier alpha value is -2.41. The van der Waals surface area contributed by atoms with Crippen LogP contribution in [0.2, 0.25) is 0 Å². The van der Waals surface area contributed by atoms with Gasteiger partial charge in [-0.15, -0.1) is 0 Å². The molecule has 0 aliphatic carbocycles. The van der Waals surface area contributed by atoms with Gasteiger partial charge in [0, 0.05) is 37.4 Å². The van der Waals surface area contributed by atoms with Crippen LogP contribution >= 0.6 is 0 Å². The number of piperazine rings is 1. The minimum Gasteiger partial charge on any atom is -0.399 e. The monoisotopic (exact) mass is 315 g/mol. The van der Waals surface area contributed by atoms with Gasteiger partial charge in [0.15, 0.2) is 5.82 Å². The van der Waals surface area contributed by atoms with Gasteiger partial charge in [-0.25, -0.2) is 0 Å². The zero-order valence-electron chi connectivity index (χ0n) is 13.4. The van der Waals surface area contributed by atoms with Crippen molar-refractivity contribution in [2.24, 2.45) is 0 Å². The highest BCUT2D eigenvalue weighted by Gasteiger charge is 2.27. The van der Waals surface area contributed by atoms with Crippen molar-refractivity contribution in [2.75, 3.05) is 31.9 Å². The lowest BCUT2D eigenvalue weighted by Gasteiger charge is -2.36. The van der Waals surface area contributed by atoms with E-state index in [-0.39, 0.29) is 11.9 Å². The lowest BCUT2D eigenvalue weighted by molar-refractivity contribution is 0.0551. The van der Waals surface area contributed by atoms with Crippen LogP contribution in [0.5, 0.6) is 0 Å². The number of carbonyl (C=O) groups is 1. The van der Waals surface area contributed by atoms with E-state index in [0.717, 1.165) is 13.1 Å². The van der Waals surface area contributed by atoms with E-state index in [1.807, 2.05) is 18.7 Å². The number of amides is 1. The van der Waals surface area contributed by atoms with Crippen LogP contribution in [0.15, 0.2) is 28.8 Å². The summed E-state index contributed by atoms with van der Waals surface area (Å²) in [6, 6.07) is 7.16. The largest absolute Gasteiger partial charge is 0.399 e. The lowest BCUT2D eigenvalue weighted by atomic mass is 10.1. The average Bonchev–Trinajstić information content (AvgIpc) is 3.00. The fourth-order valence-corrected chi connectivity index (χ4v) is 2.81. The minimum absolute atomic E-state index is 0.0261. The molecular formula is C16H21N5O2. The topological polar surface area (TPSA) is 88.5 Å². The molecule has 1 aromatic heterocycles. The second-order valence-electron chi connectivity index (χ2n) is 5.81. The van der Waals surface area contributed by atoms with Crippen molar-refractivity contribution in [2.45, 2.75) is 19.9 Å². The Morgan fingerprint density at radius 3 is 2.65 bits per heavy atom. The zero-order chi connectivity index (χ0) is 16.4. The van der Waals surface area contributed by atoms with E-state index in [1.165, 1.54) is 0 Å². The number of nitrogens with zero attached hydrogens (tertiary/aromatic N) is 4. The van der Waals surface area contributed by atoms with E-state index < -0.39 is 0 Å². The molecule has 7 heteroatoms. The summed E-state index contributed by atoms with van der Waals surface area (Å²) >= 11 is 0. The maximum absolute atomic E-state index is 12.5. The van der Waals surface area contributed by atoms with Gasteiger partial charge in [0.1, 0.15) is 0 Å². The third-order valence-electron chi connectivity index (χ3n) is 4.18. The minimum atomic E-state index is 0.0261. The molecule has 3 rings (SSSR count). The van der Waals surface area contributed by atoms with Gasteiger partial charge in [-0.05, 0) is 32.0 Å². The Labute approximate surface area is 135 Å². The van der Waals surface area contributed by atoms with E-state index in [1.54, 1.807) is 24.3 Å². The molecule has 0 bridgehead atoms. The molecule has 1 saturated heterocycles. The maximum atomic E-state index is 12.5. The second kappa shape index (κ2) is 6.37. The SMILES string of the molecule is Cc1noc(C(C)N2CCN(C(=O)c3cccc(N)c3)CC2)n1. The molecule has 1 fully saturated rings. The molecule has 1 atom stereocenters. The molecule has 0 spiro atoms. The van der Waals surface area contributed by atoms with Gasteiger partial charge >= 0.3 is 0 Å². The number of anilines is 1. The fourth-order valence-electron chi connectivity index (χ4n) is 2.81. The van der Waals surface area contributed by atoms with Crippen molar-refractivity contribution in [1.29, 1.82) is 0 Å². The maximum Gasteiger partial charge on any atom is 0.254 e. The molecule has 1 unspecified atom stereocenters. The van der Waals surface area contributed by atoms with Crippen LogP contribution in [0.25, 0.3) is 0 Å². The standard InChI is InChI=1S/C16H21N5O2/c1-11(15-18-12(2)19-23-15)20-6-8-21(9-7-20)16(22)13-4-3-5-14(17)10-13/h3-5,10-11H,6-9,17H2,1-2H3. The molecule has 1 aliphatic rings. The summed E-state index contributed by atoms with van der Waals surface area (Å²) in [5.41, 5.74) is 7.00. The Kier molecular flexibility index (Phi) is 4.29. The summed E-state index contributed by atoms with van der Waals surface area (Å²) < 4.78 is 5.24. The molecule has 0 saturated carbocycles. The highest BCUT2D eigenvalue weighted by Crippen LogP contribution is 2.21. The van der Waals surface area contributed by atoms with Gasteiger partial charge in [0.2, 0.25) is 5.89 Å². The molecule has 1 aromatic carbocycles. The normalized spacial score (nSPS) is 17.2. The summed E-state index contributed by atoms with van der Waals surface area (Å²) in [4.78, 5) is 20.9. The highest BCUT2D eigenvalue weighted by molar-refractivity contribution is 5.95. The predicted octanol–water partition coefficient (Wildman–Crippen LogP) is 1.48. The van der Waals surface area contributed by atoms with Gasteiger partial charge in [0.25, 0.3) is 5.91 Å². The van der Waals surface area contributed by atoms with Crippen LogP contribution in [-0.2, 0) is 0 Å². The van der Waals surface area contributed by atoms with Crippen molar-refractivity contribution < 1.29 is 9.32 Å². The van der Waals surface area contributed by atoms with Gasteiger partial charge in [-0.3, -0.25) is 9.69 Å². The highest BCUT2D eigenvalue weighted by atomic mass is 16.5. The van der Waals surface area contributed by atoms with Crippen LogP contribution in [-0.4, -0.2) is 52.0 Å². The van der Waals surface area contributed by atoms with Crippen molar-refractivity contribution in [3.05, 3.63) is 41.5 Å². The fraction of sp³-hybridized carbons (Fsp3) is 0.438. The number of nitrogen functional groups attached to an aromatic ring is 1. The van der Waals surface area contributed by atoms with Crippen LogP contribution in [0, 0.1) is 6.92 Å². The number of aryl methyl sites for hydroxylation is 1. The third kappa shape index (κ3) is 3.34. The second-order valence-corrected chi connectivity index (χ2v) is 5.81. The predicted molar refractivity (Wildman–Crippen MR) is 85.8 cm³/mol. The first-order valence-corrected chi connectivity index (χ1v) is 7.73. The molecular weight excluding hydrogens is 294 g/mol. The van der Waals surface area contributed by atoms with E-state index in [0.29, 0.717) is 36.1 Å². The zero-order valence-corrected chi connectivity index (χ0v) is 13.4. The van der Waals surface area contributed by atoms with E-state index in [2.05, 4.69) is 15.0 Å². The number of aromatic nitrogens is 2. The smallest absolute Gasteiger partial charge is 0.254 e. The quantitative estimate of drug-likeness (QED) is 0.863. The molecule has 7 nitrogen and oxygen atoms in total. The Balaban J connectivity index is 1.61. The Morgan fingerprint density at radius 1 is 1.30 bits per heavy atom. The summed E-state index contributed by atoms with van der Waals surface area (Å²) in [6.45, 7) is 6.74. The molecule has 122 valence electrons. The van der Waals surface area contributed by atoms with E-state index in [4.69, 9.17) is 10.3 Å². The number of hydrogen-bond donors (Lipinski definition) is 1. The summed E-state index contributed by atoms with van der Waals surface area (Å²) in [5.74, 6) is 1.29. The number of benzene rings is 1. The van der Waals surface area contributed by atoms with Crippen molar-refractivity contribution in [3.63, 3.8) is 0 Å². The van der Waals surface area contributed by atoms with Gasteiger partial charge < -0.3 is 15.2 Å². The van der Waals surface area contributed by atoms with Gasteiger partial charge in [-0.2, -0.15) is 4.98 Å². The van der Waals surface area contributed by atoms with E-state index >= 15 is 0 Å². The Morgan fingerprint density at radius 2 is 2.04 bits per heavy atom. The molecule has 1 aliphatic heterocycles. The first-order valence-electron chi connectivity index (χ1n) is 7.73. The van der Waals surface area contributed by atoms with Crippen molar-refractivity contribution >= 4 is 11.6 Å². The van der Waals surface area contributed by atoms with Crippen LogP contribution in [0.3, 0.4) is 0 Å². The van der Waals surface area contributed by atoms with Gasteiger partial charge in [-0.1, -0.05) is 11.2 Å². The number of carbonyl (C=O) groups excluding carboxylic acids is 1. The first kappa shape index (κ1) is 15.5. The molecule has 1 amide bonds. The Bertz CT molecular complexity index is 691. The molecule has 2 heterocycles. The van der Waals surface area contributed by atoms with Crippen LogP contribution in [0.1, 0.15) is 35.0 Å². The molecule has 2 aromatic rings. The molecule has 2 N–H and O–H groups in total. The summed E-state index contributed by atoms with van der Waals surface area (Å²) in [7, 11) is 0. The summed E-state index contributed by atoms with van der Waals surface area (Å²) in [5, 5.41) is 3.83. The summed E-state index contributed by atoms with van der Waals surface area (Å²) in [6.07, 6.45) is 0.